The van der Waals surface area contributed by atoms with E-state index >= 15 is 0 Å². The summed E-state index contributed by atoms with van der Waals surface area (Å²) < 4.78 is 11.1. The molecule has 3 aromatic heterocycles. The molecule has 1 aliphatic rings. The monoisotopic (exact) mass is 363 g/mol. The molecule has 0 bridgehead atoms. The molecule has 0 radical (unpaired) electrons. The largest absolute Gasteiger partial charge is 0.423 e. The van der Waals surface area contributed by atoms with Crippen LogP contribution in [0.2, 0.25) is 0 Å². The number of fused-ring (bicyclic) bond motifs is 2. The molecule has 27 heavy (non-hydrogen) atoms. The van der Waals surface area contributed by atoms with Gasteiger partial charge in [-0.2, -0.15) is 4.98 Å². The number of oxazole rings is 1. The lowest BCUT2D eigenvalue weighted by atomic mass is 10.2. The highest BCUT2D eigenvalue weighted by Crippen LogP contribution is 2.23. The Hall–Kier alpha value is -3.42. The van der Waals surface area contributed by atoms with Gasteiger partial charge in [0, 0.05) is 32.4 Å². The molecule has 1 aliphatic heterocycles. The fourth-order valence-electron chi connectivity index (χ4n) is 3.39. The van der Waals surface area contributed by atoms with E-state index in [0.717, 1.165) is 24.1 Å². The minimum atomic E-state index is -0.162. The number of para-hydroxylation sites is 2. The predicted octanol–water partition coefficient (Wildman–Crippen LogP) is 2.72. The Morgan fingerprint density at radius 2 is 1.96 bits per heavy atom. The van der Waals surface area contributed by atoms with Crippen molar-refractivity contribution < 1.29 is 13.7 Å². The van der Waals surface area contributed by atoms with Crippen LogP contribution in [-0.4, -0.2) is 52.1 Å². The highest BCUT2D eigenvalue weighted by molar-refractivity contribution is 6.02. The molecule has 0 spiro atoms. The first-order valence-electron chi connectivity index (χ1n) is 8.90. The van der Waals surface area contributed by atoms with Crippen LogP contribution in [0.1, 0.15) is 17.0 Å². The van der Waals surface area contributed by atoms with E-state index < -0.39 is 0 Å². The van der Waals surface area contributed by atoms with Gasteiger partial charge in [0.1, 0.15) is 5.52 Å². The number of aromatic nitrogens is 3. The summed E-state index contributed by atoms with van der Waals surface area (Å²) in [5, 5.41) is 4.52. The number of benzene rings is 1. The third kappa shape index (κ3) is 2.79. The topological polar surface area (TPSA) is 88.5 Å². The number of rotatable bonds is 2. The predicted molar refractivity (Wildman–Crippen MR) is 98.5 cm³/mol. The summed E-state index contributed by atoms with van der Waals surface area (Å²) in [6.45, 7) is 2.61. The zero-order chi connectivity index (χ0) is 18.2. The van der Waals surface area contributed by atoms with Gasteiger partial charge in [-0.25, -0.2) is 4.98 Å². The van der Waals surface area contributed by atoms with Crippen LogP contribution in [0.25, 0.3) is 22.1 Å². The normalized spacial score (nSPS) is 15.4. The quantitative estimate of drug-likeness (QED) is 0.541. The van der Waals surface area contributed by atoms with E-state index in [0.29, 0.717) is 36.7 Å². The first kappa shape index (κ1) is 15.8. The summed E-state index contributed by atoms with van der Waals surface area (Å²) in [5.41, 5.74) is 2.05. The van der Waals surface area contributed by atoms with Gasteiger partial charge >= 0.3 is 0 Å². The van der Waals surface area contributed by atoms with Gasteiger partial charge in [-0.15, -0.1) is 0 Å². The van der Waals surface area contributed by atoms with Crippen molar-refractivity contribution >= 4 is 34.1 Å². The first-order chi connectivity index (χ1) is 13.3. The van der Waals surface area contributed by atoms with Crippen molar-refractivity contribution in [2.24, 2.45) is 0 Å². The van der Waals surface area contributed by atoms with E-state index in [9.17, 15) is 4.79 Å². The number of carbonyl (C=O) groups is 1. The maximum Gasteiger partial charge on any atom is 0.298 e. The molecular formula is C19H17N5O3. The van der Waals surface area contributed by atoms with Gasteiger partial charge in [-0.1, -0.05) is 17.3 Å². The molecule has 0 saturated carbocycles. The molecule has 4 heterocycles. The van der Waals surface area contributed by atoms with E-state index in [-0.39, 0.29) is 11.7 Å². The summed E-state index contributed by atoms with van der Waals surface area (Å²) in [5.74, 6) is 0.0818. The van der Waals surface area contributed by atoms with Crippen LogP contribution in [0.5, 0.6) is 0 Å². The van der Waals surface area contributed by atoms with Gasteiger partial charge in [0.25, 0.3) is 11.9 Å². The van der Waals surface area contributed by atoms with Gasteiger partial charge in [0.15, 0.2) is 5.58 Å². The number of pyridine rings is 1. The minimum Gasteiger partial charge on any atom is -0.423 e. The first-order valence-corrected chi connectivity index (χ1v) is 8.90. The van der Waals surface area contributed by atoms with Crippen LogP contribution in [0.3, 0.4) is 0 Å². The van der Waals surface area contributed by atoms with Gasteiger partial charge in [-0.3, -0.25) is 4.79 Å². The van der Waals surface area contributed by atoms with Crippen LogP contribution in [0.15, 0.2) is 51.5 Å². The van der Waals surface area contributed by atoms with E-state index in [1.165, 1.54) is 0 Å². The van der Waals surface area contributed by atoms with E-state index in [1.807, 2.05) is 24.3 Å². The van der Waals surface area contributed by atoms with Crippen molar-refractivity contribution in [1.82, 2.24) is 20.0 Å². The standard InChI is InChI=1S/C19H17N5O3/c25-18(16-13-5-3-8-20-17(13)22-27-16)23-9-4-10-24(12-11-23)19-21-14-6-1-2-7-15(14)26-19/h1-3,5-8H,4,9-12H2. The molecule has 5 rings (SSSR count). The van der Waals surface area contributed by atoms with Crippen molar-refractivity contribution in [2.75, 3.05) is 31.1 Å². The number of hydrogen-bond donors (Lipinski definition) is 0. The second kappa shape index (κ2) is 6.39. The van der Waals surface area contributed by atoms with Crippen molar-refractivity contribution in [3.63, 3.8) is 0 Å². The molecule has 0 aliphatic carbocycles. The van der Waals surface area contributed by atoms with Crippen LogP contribution < -0.4 is 4.90 Å². The highest BCUT2D eigenvalue weighted by atomic mass is 16.5. The molecule has 136 valence electrons. The molecule has 0 unspecified atom stereocenters. The highest BCUT2D eigenvalue weighted by Gasteiger charge is 2.26. The smallest absolute Gasteiger partial charge is 0.298 e. The number of amides is 1. The second-order valence-electron chi connectivity index (χ2n) is 6.48. The van der Waals surface area contributed by atoms with Gasteiger partial charge in [0.05, 0.1) is 5.39 Å². The third-order valence-electron chi connectivity index (χ3n) is 4.79. The fraction of sp³-hybridized carbons (Fsp3) is 0.263. The number of anilines is 1. The van der Waals surface area contributed by atoms with Crippen molar-refractivity contribution in [1.29, 1.82) is 0 Å². The lowest BCUT2D eigenvalue weighted by molar-refractivity contribution is 0.0728. The molecule has 0 N–H and O–H groups in total. The van der Waals surface area contributed by atoms with Gasteiger partial charge in [0.2, 0.25) is 11.4 Å². The molecular weight excluding hydrogens is 346 g/mol. The zero-order valence-corrected chi connectivity index (χ0v) is 14.5. The Morgan fingerprint density at radius 1 is 1.04 bits per heavy atom. The lowest BCUT2D eigenvalue weighted by Crippen LogP contribution is -2.35. The van der Waals surface area contributed by atoms with Gasteiger partial charge < -0.3 is 18.7 Å². The summed E-state index contributed by atoms with van der Waals surface area (Å²) in [4.78, 5) is 25.5. The Labute approximate surface area is 154 Å². The summed E-state index contributed by atoms with van der Waals surface area (Å²) in [7, 11) is 0. The Kier molecular flexibility index (Phi) is 3.74. The molecule has 8 nitrogen and oxygen atoms in total. The Morgan fingerprint density at radius 3 is 2.89 bits per heavy atom. The fourth-order valence-corrected chi connectivity index (χ4v) is 3.39. The number of hydrogen-bond acceptors (Lipinski definition) is 7. The van der Waals surface area contributed by atoms with Crippen LogP contribution >= 0.6 is 0 Å². The maximum absolute atomic E-state index is 12.9. The third-order valence-corrected chi connectivity index (χ3v) is 4.79. The molecule has 0 atom stereocenters. The SMILES string of the molecule is O=C(c1onc2ncccc12)N1CCCN(c2nc3ccccc3o2)CC1. The maximum atomic E-state index is 12.9. The van der Waals surface area contributed by atoms with E-state index in [1.54, 1.807) is 23.2 Å². The Balaban J connectivity index is 1.35. The second-order valence-corrected chi connectivity index (χ2v) is 6.48. The van der Waals surface area contributed by atoms with Crippen LogP contribution in [0, 0.1) is 0 Å². The van der Waals surface area contributed by atoms with E-state index in [4.69, 9.17) is 8.94 Å². The average molecular weight is 363 g/mol. The van der Waals surface area contributed by atoms with Crippen LogP contribution in [0.4, 0.5) is 6.01 Å². The molecule has 1 fully saturated rings. The number of carbonyl (C=O) groups excluding carboxylic acids is 1. The molecule has 1 amide bonds. The lowest BCUT2D eigenvalue weighted by Gasteiger charge is -2.20. The molecule has 8 heteroatoms. The average Bonchev–Trinajstić information content (AvgIpc) is 3.24. The van der Waals surface area contributed by atoms with Crippen molar-refractivity contribution in [3.8, 4) is 0 Å². The molecule has 4 aromatic rings. The van der Waals surface area contributed by atoms with Gasteiger partial charge in [-0.05, 0) is 30.7 Å². The van der Waals surface area contributed by atoms with Crippen molar-refractivity contribution in [3.05, 3.63) is 48.4 Å². The Bertz CT molecular complexity index is 1090. The summed E-state index contributed by atoms with van der Waals surface area (Å²) in [6.07, 6.45) is 2.44. The van der Waals surface area contributed by atoms with E-state index in [2.05, 4.69) is 20.0 Å². The summed E-state index contributed by atoms with van der Waals surface area (Å²) in [6, 6.07) is 11.9. The minimum absolute atomic E-state index is 0.162. The number of nitrogens with zero attached hydrogens (tertiary/aromatic N) is 5. The van der Waals surface area contributed by atoms with Crippen LogP contribution in [-0.2, 0) is 0 Å². The molecule has 1 aromatic carbocycles. The van der Waals surface area contributed by atoms with Crippen molar-refractivity contribution in [2.45, 2.75) is 6.42 Å². The zero-order valence-electron chi connectivity index (χ0n) is 14.5. The summed E-state index contributed by atoms with van der Waals surface area (Å²) >= 11 is 0. The molecule has 1 saturated heterocycles.